The molecule has 1 aromatic rings. The Balaban J connectivity index is 1.65. The third-order valence-corrected chi connectivity index (χ3v) is 4.66. The Morgan fingerprint density at radius 1 is 0.917 bits per heavy atom. The minimum Gasteiger partial charge on any atom is -0.498 e. The molecule has 0 aliphatic carbocycles. The fourth-order valence-electron chi connectivity index (χ4n) is 3.27. The van der Waals surface area contributed by atoms with Crippen molar-refractivity contribution in [3.63, 3.8) is 0 Å². The van der Waals surface area contributed by atoms with Gasteiger partial charge in [-0.15, -0.1) is 0 Å². The van der Waals surface area contributed by atoms with E-state index < -0.39 is 0 Å². The van der Waals surface area contributed by atoms with Crippen LogP contribution in [-0.2, 0) is 9.53 Å². The first kappa shape index (κ1) is 16.6. The lowest BCUT2D eigenvalue weighted by Gasteiger charge is -2.25. The van der Waals surface area contributed by atoms with Gasteiger partial charge in [0, 0.05) is 31.7 Å². The zero-order valence-electron chi connectivity index (χ0n) is 14.2. The van der Waals surface area contributed by atoms with E-state index in [2.05, 4.69) is 0 Å². The van der Waals surface area contributed by atoms with Crippen LogP contribution in [0.15, 0.2) is 41.7 Å². The van der Waals surface area contributed by atoms with Crippen LogP contribution >= 0.6 is 0 Å². The molecule has 0 radical (unpaired) electrons. The standard InChI is InChI=1S/C19H24N2O3/c1-15-17(9-5-14-24-15)19(23)21-11-6-10-20(12-13-21)18(22)16-7-3-2-4-8-16/h2-4,7-8H,5-6,9-14H2,1H3. The van der Waals surface area contributed by atoms with Gasteiger partial charge in [0.2, 0.25) is 0 Å². The molecular weight excluding hydrogens is 304 g/mol. The summed E-state index contributed by atoms with van der Waals surface area (Å²) in [6.07, 6.45) is 2.48. The van der Waals surface area contributed by atoms with Gasteiger partial charge in [0.1, 0.15) is 5.76 Å². The predicted molar refractivity (Wildman–Crippen MR) is 91.4 cm³/mol. The summed E-state index contributed by atoms with van der Waals surface area (Å²) in [6.45, 7) is 5.10. The van der Waals surface area contributed by atoms with Gasteiger partial charge in [-0.25, -0.2) is 0 Å². The molecule has 2 aliphatic rings. The van der Waals surface area contributed by atoms with Crippen LogP contribution in [0.4, 0.5) is 0 Å². The number of rotatable bonds is 2. The van der Waals surface area contributed by atoms with E-state index in [9.17, 15) is 9.59 Å². The second-order valence-corrected chi connectivity index (χ2v) is 6.29. The van der Waals surface area contributed by atoms with Gasteiger partial charge in [0.15, 0.2) is 0 Å². The van der Waals surface area contributed by atoms with Crippen LogP contribution in [0.5, 0.6) is 0 Å². The van der Waals surface area contributed by atoms with Crippen LogP contribution in [-0.4, -0.2) is 54.4 Å². The highest BCUT2D eigenvalue weighted by atomic mass is 16.5. The first-order chi connectivity index (χ1) is 11.7. The van der Waals surface area contributed by atoms with E-state index in [1.807, 2.05) is 47.1 Å². The molecule has 128 valence electrons. The van der Waals surface area contributed by atoms with Crippen molar-refractivity contribution >= 4 is 11.8 Å². The molecule has 0 N–H and O–H groups in total. The molecular formula is C19H24N2O3. The Labute approximate surface area is 142 Å². The molecule has 2 amide bonds. The van der Waals surface area contributed by atoms with Crippen LogP contribution in [0.25, 0.3) is 0 Å². The Bertz CT molecular complexity index is 639. The van der Waals surface area contributed by atoms with Gasteiger partial charge in [0.05, 0.1) is 12.2 Å². The van der Waals surface area contributed by atoms with E-state index >= 15 is 0 Å². The predicted octanol–water partition coefficient (Wildman–Crippen LogP) is 2.45. The third-order valence-electron chi connectivity index (χ3n) is 4.66. The van der Waals surface area contributed by atoms with Crippen molar-refractivity contribution in [1.29, 1.82) is 0 Å². The first-order valence-electron chi connectivity index (χ1n) is 8.63. The van der Waals surface area contributed by atoms with Crippen molar-refractivity contribution in [3.05, 3.63) is 47.2 Å². The minimum atomic E-state index is 0.0429. The lowest BCUT2D eigenvalue weighted by Crippen LogP contribution is -2.38. The van der Waals surface area contributed by atoms with Gasteiger partial charge in [-0.2, -0.15) is 0 Å². The lowest BCUT2D eigenvalue weighted by molar-refractivity contribution is -0.127. The smallest absolute Gasteiger partial charge is 0.253 e. The number of benzene rings is 1. The number of hydrogen-bond acceptors (Lipinski definition) is 3. The van der Waals surface area contributed by atoms with E-state index in [0.717, 1.165) is 30.6 Å². The van der Waals surface area contributed by atoms with E-state index in [0.29, 0.717) is 38.3 Å². The van der Waals surface area contributed by atoms with Crippen molar-refractivity contribution in [1.82, 2.24) is 9.80 Å². The maximum absolute atomic E-state index is 12.7. The molecule has 2 aliphatic heterocycles. The van der Waals surface area contributed by atoms with Crippen molar-refractivity contribution < 1.29 is 14.3 Å². The number of nitrogens with zero attached hydrogens (tertiary/aromatic N) is 2. The molecule has 5 heteroatoms. The van der Waals surface area contributed by atoms with Gasteiger partial charge in [-0.05, 0) is 38.3 Å². The number of carbonyl (C=O) groups is 2. The van der Waals surface area contributed by atoms with E-state index in [1.165, 1.54) is 0 Å². The molecule has 5 nitrogen and oxygen atoms in total. The molecule has 0 atom stereocenters. The van der Waals surface area contributed by atoms with Crippen LogP contribution in [0, 0.1) is 0 Å². The SMILES string of the molecule is CC1=C(C(=O)N2CCCN(C(=O)c3ccccc3)CC2)CCCO1. The number of allylic oxidation sites excluding steroid dienone is 1. The Morgan fingerprint density at radius 3 is 2.25 bits per heavy atom. The summed E-state index contributed by atoms with van der Waals surface area (Å²) in [5, 5.41) is 0. The highest BCUT2D eigenvalue weighted by Gasteiger charge is 2.26. The van der Waals surface area contributed by atoms with Gasteiger partial charge in [-0.1, -0.05) is 18.2 Å². The van der Waals surface area contributed by atoms with Gasteiger partial charge in [-0.3, -0.25) is 9.59 Å². The highest BCUT2D eigenvalue weighted by molar-refractivity contribution is 5.95. The summed E-state index contributed by atoms with van der Waals surface area (Å²) in [4.78, 5) is 29.0. The Hall–Kier alpha value is -2.30. The summed E-state index contributed by atoms with van der Waals surface area (Å²) >= 11 is 0. The van der Waals surface area contributed by atoms with Crippen LogP contribution < -0.4 is 0 Å². The quantitative estimate of drug-likeness (QED) is 0.838. The maximum atomic E-state index is 12.7. The maximum Gasteiger partial charge on any atom is 0.253 e. The first-order valence-corrected chi connectivity index (χ1v) is 8.63. The Kier molecular flexibility index (Phi) is 5.18. The largest absolute Gasteiger partial charge is 0.498 e. The Morgan fingerprint density at radius 2 is 1.58 bits per heavy atom. The summed E-state index contributed by atoms with van der Waals surface area (Å²) < 4.78 is 5.52. The van der Waals surface area contributed by atoms with E-state index in [1.54, 1.807) is 0 Å². The number of amides is 2. The monoisotopic (exact) mass is 328 g/mol. The molecule has 0 unspecified atom stereocenters. The molecule has 0 spiro atoms. The molecule has 0 bridgehead atoms. The summed E-state index contributed by atoms with van der Waals surface area (Å²) in [7, 11) is 0. The average Bonchev–Trinajstić information content (AvgIpc) is 2.88. The minimum absolute atomic E-state index is 0.0429. The molecule has 0 saturated carbocycles. The van der Waals surface area contributed by atoms with Gasteiger partial charge in [0.25, 0.3) is 11.8 Å². The molecule has 1 fully saturated rings. The zero-order valence-corrected chi connectivity index (χ0v) is 14.2. The summed E-state index contributed by atoms with van der Waals surface area (Å²) in [5.41, 5.74) is 1.50. The molecule has 2 heterocycles. The topological polar surface area (TPSA) is 49.9 Å². The van der Waals surface area contributed by atoms with Crippen molar-refractivity contribution in [2.75, 3.05) is 32.8 Å². The normalized spacial score (nSPS) is 18.9. The molecule has 1 saturated heterocycles. The van der Waals surface area contributed by atoms with Crippen molar-refractivity contribution in [3.8, 4) is 0 Å². The zero-order chi connectivity index (χ0) is 16.9. The lowest BCUT2D eigenvalue weighted by atomic mass is 10.1. The van der Waals surface area contributed by atoms with E-state index in [4.69, 9.17) is 4.74 Å². The third kappa shape index (κ3) is 3.61. The molecule has 1 aromatic carbocycles. The van der Waals surface area contributed by atoms with Gasteiger partial charge >= 0.3 is 0 Å². The fourth-order valence-corrected chi connectivity index (χ4v) is 3.27. The average molecular weight is 328 g/mol. The van der Waals surface area contributed by atoms with Gasteiger partial charge < -0.3 is 14.5 Å². The second kappa shape index (κ2) is 7.51. The number of carbonyl (C=O) groups excluding carboxylic acids is 2. The molecule has 0 aromatic heterocycles. The highest BCUT2D eigenvalue weighted by Crippen LogP contribution is 2.21. The fraction of sp³-hybridized carbons (Fsp3) is 0.474. The van der Waals surface area contributed by atoms with E-state index in [-0.39, 0.29) is 11.8 Å². The molecule has 24 heavy (non-hydrogen) atoms. The van der Waals surface area contributed by atoms with Crippen LogP contribution in [0.2, 0.25) is 0 Å². The number of ether oxygens (including phenoxy) is 1. The van der Waals surface area contributed by atoms with Crippen molar-refractivity contribution in [2.45, 2.75) is 26.2 Å². The summed E-state index contributed by atoms with van der Waals surface area (Å²) in [6, 6.07) is 9.33. The molecule has 3 rings (SSSR count). The summed E-state index contributed by atoms with van der Waals surface area (Å²) in [5.74, 6) is 0.871. The van der Waals surface area contributed by atoms with Crippen LogP contribution in [0.1, 0.15) is 36.5 Å². The van der Waals surface area contributed by atoms with Crippen LogP contribution in [0.3, 0.4) is 0 Å². The van der Waals surface area contributed by atoms with Crippen molar-refractivity contribution in [2.24, 2.45) is 0 Å². The second-order valence-electron chi connectivity index (χ2n) is 6.29. The number of hydrogen-bond donors (Lipinski definition) is 0.